The second kappa shape index (κ2) is 58.6. The predicted molar refractivity (Wildman–Crippen MR) is 341 cm³/mol. The lowest BCUT2D eigenvalue weighted by atomic mass is 10.0. The van der Waals surface area contributed by atoms with Crippen LogP contribution in [0.2, 0.25) is 0 Å². The fourth-order valence-electron chi connectivity index (χ4n) is 9.47. The zero-order chi connectivity index (χ0) is 57.9. The zero-order valence-electron chi connectivity index (χ0n) is 52.6. The maximum absolute atomic E-state index is 13.6. The van der Waals surface area contributed by atoms with E-state index in [9.17, 15) is 19.0 Å². The lowest BCUT2D eigenvalue weighted by Gasteiger charge is -2.27. The fourth-order valence-corrected chi connectivity index (χ4v) is 10.2. The Labute approximate surface area is 489 Å². The smallest absolute Gasteiger partial charge is 0.456 e. The molecule has 460 valence electrons. The number of nitrogens with one attached hydrogen (secondary N) is 1. The largest absolute Gasteiger partial charge is 0.472 e. The summed E-state index contributed by atoms with van der Waals surface area (Å²) in [4.78, 5) is 37.8. The highest BCUT2D eigenvalue weighted by Gasteiger charge is 2.30. The topological polar surface area (TPSA) is 111 Å². The number of ether oxygens (including phenoxy) is 1. The van der Waals surface area contributed by atoms with Gasteiger partial charge in [-0.3, -0.25) is 18.6 Å². The third-order valence-electron chi connectivity index (χ3n) is 14.6. The van der Waals surface area contributed by atoms with E-state index in [1.54, 1.807) is 0 Å². The minimum absolute atomic E-state index is 0.0360. The number of phosphoric acid groups is 1. The van der Waals surface area contributed by atoms with Gasteiger partial charge < -0.3 is 19.4 Å². The van der Waals surface area contributed by atoms with Gasteiger partial charge in [-0.1, -0.05) is 267 Å². The van der Waals surface area contributed by atoms with Crippen molar-refractivity contribution in [3.05, 3.63) is 72.9 Å². The van der Waals surface area contributed by atoms with Gasteiger partial charge in [-0.05, 0) is 96.0 Å². The molecule has 0 aliphatic carbocycles. The minimum Gasteiger partial charge on any atom is -0.456 e. The molecule has 10 heteroatoms. The van der Waals surface area contributed by atoms with Gasteiger partial charge in [-0.15, -0.1) is 0 Å². The van der Waals surface area contributed by atoms with E-state index in [4.69, 9.17) is 13.8 Å². The Morgan fingerprint density at radius 1 is 0.456 bits per heavy atom. The highest BCUT2D eigenvalue weighted by Crippen LogP contribution is 2.43. The summed E-state index contributed by atoms with van der Waals surface area (Å²) < 4.78 is 30.8. The Balaban J connectivity index is 5.14. The monoisotopic (exact) mass is 1130 g/mol. The van der Waals surface area contributed by atoms with E-state index in [1.165, 1.54) is 180 Å². The molecule has 1 amide bonds. The summed E-state index contributed by atoms with van der Waals surface area (Å²) in [5.41, 5.74) is 0. The van der Waals surface area contributed by atoms with Crippen LogP contribution in [0, 0.1) is 0 Å². The average molecular weight is 1130 g/mol. The molecule has 9 nitrogen and oxygen atoms in total. The SMILES string of the molecule is CCCCC/C=C\C/C=C\C/C=C\CCCCCCCCCCCCCCC(=O)OC(/C=C\CCCCCCCCCCCCC)C(COP(=O)(O)OCC[N+](C)(C)C)NC(=O)CCCCCCCC/C=C/C=C/CCCCC. The van der Waals surface area contributed by atoms with E-state index < -0.39 is 20.0 Å². The molecule has 0 radical (unpaired) electrons. The van der Waals surface area contributed by atoms with Crippen LogP contribution in [0.5, 0.6) is 0 Å². The predicted octanol–water partition coefficient (Wildman–Crippen LogP) is 20.8. The molecule has 3 unspecified atom stereocenters. The summed E-state index contributed by atoms with van der Waals surface area (Å²) in [6, 6.07) is -0.857. The van der Waals surface area contributed by atoms with Crippen LogP contribution in [0.1, 0.15) is 303 Å². The quantitative estimate of drug-likeness (QED) is 0.0156. The first-order valence-electron chi connectivity index (χ1n) is 33.3. The number of nitrogens with zero attached hydrogens (tertiary/aromatic N) is 1. The van der Waals surface area contributed by atoms with Crippen LogP contribution >= 0.6 is 7.82 Å². The molecule has 0 aromatic heterocycles. The van der Waals surface area contributed by atoms with Crippen molar-refractivity contribution in [3.63, 3.8) is 0 Å². The lowest BCUT2D eigenvalue weighted by molar-refractivity contribution is -0.870. The van der Waals surface area contributed by atoms with Crippen LogP contribution in [0.15, 0.2) is 72.9 Å². The summed E-state index contributed by atoms with van der Waals surface area (Å²) in [7, 11) is 1.49. The number of quaternary nitrogens is 1. The van der Waals surface area contributed by atoms with Crippen molar-refractivity contribution in [1.82, 2.24) is 5.32 Å². The first-order valence-corrected chi connectivity index (χ1v) is 34.8. The Morgan fingerprint density at radius 3 is 1.25 bits per heavy atom. The second-order valence-electron chi connectivity index (χ2n) is 23.7. The Bertz CT molecular complexity index is 1580. The fraction of sp³-hybridized carbons (Fsp3) is 0.797. The van der Waals surface area contributed by atoms with Crippen LogP contribution in [0.4, 0.5) is 0 Å². The number of allylic oxidation sites excluding steroid dienone is 11. The first kappa shape index (κ1) is 76.5. The van der Waals surface area contributed by atoms with E-state index >= 15 is 0 Å². The van der Waals surface area contributed by atoms with Crippen LogP contribution in [0.3, 0.4) is 0 Å². The lowest BCUT2D eigenvalue weighted by Crippen LogP contribution is -2.47. The maximum atomic E-state index is 13.6. The van der Waals surface area contributed by atoms with Gasteiger partial charge in [0.2, 0.25) is 5.91 Å². The van der Waals surface area contributed by atoms with Crippen molar-refractivity contribution >= 4 is 19.7 Å². The molecule has 0 rings (SSSR count). The second-order valence-corrected chi connectivity index (χ2v) is 25.1. The van der Waals surface area contributed by atoms with Gasteiger partial charge in [-0.2, -0.15) is 0 Å². The molecule has 3 atom stereocenters. The molecule has 0 bridgehead atoms. The number of amides is 1. The maximum Gasteiger partial charge on any atom is 0.472 e. The summed E-state index contributed by atoms with van der Waals surface area (Å²) >= 11 is 0. The number of phosphoric ester groups is 1. The number of hydrogen-bond donors (Lipinski definition) is 2. The highest BCUT2D eigenvalue weighted by atomic mass is 31.2. The van der Waals surface area contributed by atoms with Gasteiger partial charge in [0.15, 0.2) is 0 Å². The average Bonchev–Trinajstić information content (AvgIpc) is 3.41. The molecule has 0 aromatic rings. The Kier molecular flexibility index (Phi) is 56.7. The molecule has 0 aromatic carbocycles. The molecule has 0 aliphatic heterocycles. The van der Waals surface area contributed by atoms with E-state index in [0.717, 1.165) is 89.9 Å². The molecule has 0 saturated carbocycles. The van der Waals surface area contributed by atoms with Gasteiger partial charge in [0.05, 0.1) is 33.8 Å². The summed E-state index contributed by atoms with van der Waals surface area (Å²) in [5.74, 6) is -0.515. The third-order valence-corrected chi connectivity index (χ3v) is 15.6. The van der Waals surface area contributed by atoms with Gasteiger partial charge >= 0.3 is 13.8 Å². The van der Waals surface area contributed by atoms with Crippen LogP contribution in [0.25, 0.3) is 0 Å². The summed E-state index contributed by atoms with van der Waals surface area (Å²) in [6.45, 7) is 6.97. The number of carbonyl (C=O) groups excluding carboxylic acids is 2. The summed E-state index contributed by atoms with van der Waals surface area (Å²) in [6.07, 6.45) is 76.1. The number of carbonyl (C=O) groups is 2. The molecule has 0 fully saturated rings. The van der Waals surface area contributed by atoms with Crippen LogP contribution in [-0.2, 0) is 27.9 Å². The van der Waals surface area contributed by atoms with Gasteiger partial charge in [-0.25, -0.2) is 4.57 Å². The zero-order valence-corrected chi connectivity index (χ0v) is 53.5. The van der Waals surface area contributed by atoms with E-state index in [-0.39, 0.29) is 31.5 Å². The number of unbranched alkanes of at least 4 members (excludes halogenated alkanes) is 35. The van der Waals surface area contributed by atoms with Gasteiger partial charge in [0, 0.05) is 12.8 Å². The Morgan fingerprint density at radius 2 is 0.810 bits per heavy atom. The van der Waals surface area contributed by atoms with E-state index in [0.29, 0.717) is 17.4 Å². The standard InChI is InChI=1S/C69H127N2O7P/c1-7-10-13-16-19-22-25-28-30-31-32-33-34-35-36-37-38-39-41-44-47-50-53-56-59-62-69(73)78-67(60-57-54-51-48-45-42-27-24-21-18-15-12-9-3)66(65-77-79(74,75)76-64-63-71(4,5)6)70-68(72)61-58-55-52-49-46-43-40-29-26-23-20-17-14-11-8-2/h19-20,22-23,26,28-30,32-33,57,60,66-67H,7-18,21,24-25,27,31,34-56,58-59,61-65H2,1-6H3,(H-,70,72,74,75)/p+1/b22-19-,23-20+,29-26+,30-28-,33-32-,60-57-. The molecule has 0 heterocycles. The normalized spacial score (nSPS) is 14.1. The van der Waals surface area contributed by atoms with Crippen molar-refractivity contribution in [1.29, 1.82) is 0 Å². The molecule has 0 saturated heterocycles. The molecule has 0 aliphatic rings. The van der Waals surface area contributed by atoms with Crippen molar-refractivity contribution in [3.8, 4) is 0 Å². The van der Waals surface area contributed by atoms with Crippen molar-refractivity contribution in [2.75, 3.05) is 40.9 Å². The minimum atomic E-state index is -4.46. The summed E-state index contributed by atoms with van der Waals surface area (Å²) in [5, 5.41) is 3.06. The van der Waals surface area contributed by atoms with Crippen molar-refractivity contribution in [2.24, 2.45) is 0 Å². The van der Waals surface area contributed by atoms with Gasteiger partial charge in [0.1, 0.15) is 19.3 Å². The number of esters is 1. The molecular weight excluding hydrogens is 1000 g/mol. The van der Waals surface area contributed by atoms with Crippen molar-refractivity contribution < 1.29 is 37.3 Å². The van der Waals surface area contributed by atoms with E-state index in [1.807, 2.05) is 33.3 Å². The molecule has 79 heavy (non-hydrogen) atoms. The molecule has 2 N–H and O–H groups in total. The first-order chi connectivity index (χ1) is 38.4. The highest BCUT2D eigenvalue weighted by molar-refractivity contribution is 7.47. The van der Waals surface area contributed by atoms with Gasteiger partial charge in [0.25, 0.3) is 0 Å². The molecular formula is C69H128N2O7P+. The van der Waals surface area contributed by atoms with Crippen molar-refractivity contribution in [2.45, 2.75) is 315 Å². The number of likely N-dealkylation sites (N-methyl/N-ethyl adjacent to an activating group) is 1. The molecule has 0 spiro atoms. The number of hydrogen-bond acceptors (Lipinski definition) is 6. The Hall–Kier alpha value is -2.55. The third kappa shape index (κ3) is 59.9. The van der Waals surface area contributed by atoms with Crippen LogP contribution < -0.4 is 5.32 Å². The van der Waals surface area contributed by atoms with Crippen LogP contribution in [-0.4, -0.2) is 74.3 Å². The number of rotatable bonds is 60. The van der Waals surface area contributed by atoms with E-state index in [2.05, 4.69) is 86.8 Å².